The van der Waals surface area contributed by atoms with Gasteiger partial charge in [-0.2, -0.15) is 26.3 Å². The summed E-state index contributed by atoms with van der Waals surface area (Å²) >= 11 is 0.234. The molecular weight excluding hydrogens is 308 g/mol. The fourth-order valence-corrected chi connectivity index (χ4v) is 1.66. The molecule has 0 saturated heterocycles. The van der Waals surface area contributed by atoms with Crippen LogP contribution in [0.25, 0.3) is 0 Å². The minimum absolute atomic E-state index is 0.234. The van der Waals surface area contributed by atoms with Crippen molar-refractivity contribution in [2.24, 2.45) is 0 Å². The van der Waals surface area contributed by atoms with E-state index in [4.69, 9.17) is 0 Å². The van der Waals surface area contributed by atoms with Crippen molar-refractivity contribution in [2.75, 3.05) is 12.4 Å². The predicted octanol–water partition coefficient (Wildman–Crippen LogP) is 3.87. The van der Waals surface area contributed by atoms with E-state index in [1.54, 1.807) is 0 Å². The van der Waals surface area contributed by atoms with Crippen molar-refractivity contribution in [2.45, 2.75) is 37.3 Å². The Morgan fingerprint density at radius 1 is 1.16 bits per heavy atom. The Morgan fingerprint density at radius 3 is 2.00 bits per heavy atom. The van der Waals surface area contributed by atoms with Crippen molar-refractivity contribution in [1.29, 1.82) is 0 Å². The zero-order valence-corrected chi connectivity index (χ0v) is 10.4. The second-order valence-electron chi connectivity index (χ2n) is 3.61. The highest BCUT2D eigenvalue weighted by atomic mass is 32.2. The quantitative estimate of drug-likeness (QED) is 0.663. The number of rotatable bonds is 7. The number of thioether (sulfide) groups is 1. The second-order valence-corrected chi connectivity index (χ2v) is 4.89. The molecule has 0 aliphatic heterocycles. The standard InChI is InChI=1S/C9H10F8OS/c1-5(18)19-3-2-7(12,13)9(16,17)8(14,15)6(11)4-10/h6H,2-4H2,1H3. The summed E-state index contributed by atoms with van der Waals surface area (Å²) in [4.78, 5) is 10.4. The summed E-state index contributed by atoms with van der Waals surface area (Å²) in [5, 5.41) is -0.669. The summed E-state index contributed by atoms with van der Waals surface area (Å²) in [5.41, 5.74) is 0. The van der Waals surface area contributed by atoms with E-state index in [1.807, 2.05) is 0 Å². The van der Waals surface area contributed by atoms with Crippen LogP contribution in [0.3, 0.4) is 0 Å². The minimum Gasteiger partial charge on any atom is -0.288 e. The average molecular weight is 318 g/mol. The maximum absolute atomic E-state index is 13.0. The number of carbonyl (C=O) groups excluding carboxylic acids is 1. The van der Waals surface area contributed by atoms with E-state index in [1.165, 1.54) is 0 Å². The summed E-state index contributed by atoms with van der Waals surface area (Å²) in [5.74, 6) is -18.0. The molecule has 10 heteroatoms. The van der Waals surface area contributed by atoms with Gasteiger partial charge in [-0.15, -0.1) is 0 Å². The molecule has 0 aliphatic carbocycles. The highest BCUT2D eigenvalue weighted by Gasteiger charge is 2.73. The zero-order valence-electron chi connectivity index (χ0n) is 9.54. The molecule has 0 saturated carbocycles. The van der Waals surface area contributed by atoms with Crippen LogP contribution >= 0.6 is 11.8 Å². The van der Waals surface area contributed by atoms with Crippen molar-refractivity contribution in [3.8, 4) is 0 Å². The van der Waals surface area contributed by atoms with Crippen molar-refractivity contribution in [3.05, 3.63) is 0 Å². The molecule has 0 aromatic heterocycles. The van der Waals surface area contributed by atoms with Gasteiger partial charge >= 0.3 is 17.8 Å². The molecule has 0 spiro atoms. The molecule has 0 fully saturated rings. The number of hydrogen-bond acceptors (Lipinski definition) is 2. The van der Waals surface area contributed by atoms with Gasteiger partial charge in [-0.25, -0.2) is 8.78 Å². The topological polar surface area (TPSA) is 17.1 Å². The molecule has 0 heterocycles. The fourth-order valence-electron chi connectivity index (χ4n) is 1.02. The van der Waals surface area contributed by atoms with E-state index in [0.29, 0.717) is 0 Å². The Balaban J connectivity index is 4.99. The van der Waals surface area contributed by atoms with Crippen LogP contribution in [-0.2, 0) is 4.79 Å². The van der Waals surface area contributed by atoms with Crippen molar-refractivity contribution in [1.82, 2.24) is 0 Å². The highest BCUT2D eigenvalue weighted by molar-refractivity contribution is 8.13. The van der Waals surface area contributed by atoms with Gasteiger partial charge in [0.25, 0.3) is 0 Å². The Hall–Kier alpha value is -0.540. The molecule has 19 heavy (non-hydrogen) atoms. The highest BCUT2D eigenvalue weighted by Crippen LogP contribution is 2.49. The van der Waals surface area contributed by atoms with Crippen LogP contribution in [0.2, 0.25) is 0 Å². The Bertz CT molecular complexity index is 319. The Labute approximate surface area is 107 Å². The lowest BCUT2D eigenvalue weighted by atomic mass is 9.99. The third kappa shape index (κ3) is 3.96. The molecule has 0 bridgehead atoms. The van der Waals surface area contributed by atoms with E-state index < -0.39 is 47.9 Å². The summed E-state index contributed by atoms with van der Waals surface area (Å²) < 4.78 is 101. The van der Waals surface area contributed by atoms with Gasteiger partial charge in [0.15, 0.2) is 11.3 Å². The first kappa shape index (κ1) is 18.5. The van der Waals surface area contributed by atoms with Crippen LogP contribution in [-0.4, -0.2) is 41.5 Å². The molecule has 0 amide bonds. The monoisotopic (exact) mass is 318 g/mol. The molecule has 1 nitrogen and oxygen atoms in total. The number of carbonyl (C=O) groups is 1. The van der Waals surface area contributed by atoms with Gasteiger partial charge in [0.2, 0.25) is 0 Å². The number of alkyl halides is 8. The van der Waals surface area contributed by atoms with Gasteiger partial charge in [-0.3, -0.25) is 4.79 Å². The molecule has 1 unspecified atom stereocenters. The molecule has 0 rings (SSSR count). The van der Waals surface area contributed by atoms with Gasteiger partial charge in [-0.05, 0) is 0 Å². The minimum atomic E-state index is -6.05. The number of halogens is 8. The van der Waals surface area contributed by atoms with Gasteiger partial charge < -0.3 is 0 Å². The Morgan fingerprint density at radius 2 is 1.63 bits per heavy atom. The zero-order chi connectivity index (χ0) is 15.5. The molecule has 1 atom stereocenters. The maximum atomic E-state index is 13.0. The van der Waals surface area contributed by atoms with Gasteiger partial charge in [-0.1, -0.05) is 11.8 Å². The summed E-state index contributed by atoms with van der Waals surface area (Å²) in [6.07, 6.45) is -5.80. The van der Waals surface area contributed by atoms with Gasteiger partial charge in [0.1, 0.15) is 6.67 Å². The largest absolute Gasteiger partial charge is 0.375 e. The lowest BCUT2D eigenvalue weighted by Crippen LogP contribution is -2.59. The number of hydrogen-bond donors (Lipinski definition) is 0. The van der Waals surface area contributed by atoms with E-state index in [-0.39, 0.29) is 11.8 Å². The van der Waals surface area contributed by atoms with E-state index in [2.05, 4.69) is 0 Å². The van der Waals surface area contributed by atoms with Crippen LogP contribution in [0.4, 0.5) is 35.1 Å². The fraction of sp³-hybridized carbons (Fsp3) is 0.889. The van der Waals surface area contributed by atoms with Crippen LogP contribution < -0.4 is 0 Å². The van der Waals surface area contributed by atoms with Gasteiger partial charge in [0.05, 0.1) is 0 Å². The van der Waals surface area contributed by atoms with Crippen LogP contribution in [0.15, 0.2) is 0 Å². The molecule has 0 N–H and O–H groups in total. The summed E-state index contributed by atoms with van der Waals surface area (Å²) in [6.45, 7) is -1.54. The van der Waals surface area contributed by atoms with E-state index in [9.17, 15) is 39.9 Å². The van der Waals surface area contributed by atoms with Crippen LogP contribution in [0.5, 0.6) is 0 Å². The second kappa shape index (κ2) is 6.27. The smallest absolute Gasteiger partial charge is 0.288 e. The third-order valence-electron chi connectivity index (χ3n) is 2.13. The SMILES string of the molecule is CC(=O)SCCC(F)(F)C(F)(F)C(F)(F)C(F)CF. The molecule has 0 aliphatic rings. The van der Waals surface area contributed by atoms with Crippen molar-refractivity contribution < 1.29 is 39.9 Å². The van der Waals surface area contributed by atoms with Crippen molar-refractivity contribution >= 4 is 16.9 Å². The van der Waals surface area contributed by atoms with E-state index >= 15 is 0 Å². The molecule has 0 aromatic rings. The summed E-state index contributed by atoms with van der Waals surface area (Å²) in [7, 11) is 0. The summed E-state index contributed by atoms with van der Waals surface area (Å²) in [6, 6.07) is 0. The third-order valence-corrected chi connectivity index (χ3v) is 2.94. The molecule has 114 valence electrons. The Kier molecular flexibility index (Phi) is 6.10. The lowest BCUT2D eigenvalue weighted by molar-refractivity contribution is -0.325. The molecular formula is C9H10F8OS. The van der Waals surface area contributed by atoms with Crippen LogP contribution in [0, 0.1) is 0 Å². The van der Waals surface area contributed by atoms with Crippen molar-refractivity contribution in [3.63, 3.8) is 0 Å². The first-order valence-electron chi connectivity index (χ1n) is 4.87. The molecule has 0 aromatic carbocycles. The average Bonchev–Trinajstić information content (AvgIpc) is 2.26. The van der Waals surface area contributed by atoms with Gasteiger partial charge in [0, 0.05) is 19.1 Å². The normalized spacial score (nSPS) is 15.4. The van der Waals surface area contributed by atoms with Crippen LogP contribution in [0.1, 0.15) is 13.3 Å². The first-order valence-corrected chi connectivity index (χ1v) is 5.85. The predicted molar refractivity (Wildman–Crippen MR) is 53.5 cm³/mol. The first-order chi connectivity index (χ1) is 8.40. The molecule has 0 radical (unpaired) electrons. The maximum Gasteiger partial charge on any atom is 0.375 e. The van der Waals surface area contributed by atoms with E-state index in [0.717, 1.165) is 6.92 Å². The lowest BCUT2D eigenvalue weighted by Gasteiger charge is -2.33.